The Balaban J connectivity index is 1.68. The van der Waals surface area contributed by atoms with Crippen LogP contribution in [0.15, 0.2) is 17.5 Å². The molecule has 101 valence electrons. The number of thiophene rings is 2. The molecule has 0 saturated carbocycles. The van der Waals surface area contributed by atoms with Gasteiger partial charge in [0.1, 0.15) is 0 Å². The van der Waals surface area contributed by atoms with E-state index in [0.717, 1.165) is 6.54 Å². The molecule has 1 radical (unpaired) electrons. The Morgan fingerprint density at radius 1 is 1.05 bits per heavy atom. The summed E-state index contributed by atoms with van der Waals surface area (Å²) in [7, 11) is 0. The van der Waals surface area contributed by atoms with Gasteiger partial charge in [-0.2, -0.15) is 0 Å². The molecule has 0 atom stereocenters. The van der Waals surface area contributed by atoms with E-state index in [9.17, 15) is 0 Å². The average molecular weight is 290 g/mol. The zero-order valence-electron chi connectivity index (χ0n) is 11.4. The van der Waals surface area contributed by atoms with Crippen LogP contribution in [0.2, 0.25) is 0 Å². The zero-order chi connectivity index (χ0) is 13.1. The first-order valence-corrected chi connectivity index (χ1v) is 8.96. The molecule has 3 heteroatoms. The van der Waals surface area contributed by atoms with Crippen molar-refractivity contribution in [2.24, 2.45) is 0 Å². The Hall–Kier alpha value is -0.800. The van der Waals surface area contributed by atoms with Gasteiger partial charge >= 0.3 is 0 Å². The van der Waals surface area contributed by atoms with Gasteiger partial charge in [-0.1, -0.05) is 39.0 Å². The minimum absolute atomic E-state index is 1.16. The van der Waals surface area contributed by atoms with Gasteiger partial charge in [0.05, 0.1) is 20.4 Å². The highest BCUT2D eigenvalue weighted by atomic mass is 32.1. The summed E-state index contributed by atoms with van der Waals surface area (Å²) in [4.78, 5) is 0. The predicted octanol–water partition coefficient (Wildman–Crippen LogP) is 6.08. The molecular weight excluding hydrogens is 270 g/mol. The normalized spacial score (nSPS) is 11.8. The summed E-state index contributed by atoms with van der Waals surface area (Å²) in [5, 5.41) is 5.50. The Labute approximate surface area is 122 Å². The lowest BCUT2D eigenvalue weighted by atomic mass is 10.1. The highest BCUT2D eigenvalue weighted by molar-refractivity contribution is 7.25. The summed E-state index contributed by atoms with van der Waals surface area (Å²) in [5.41, 5.74) is 2.81. The van der Waals surface area contributed by atoms with Crippen LogP contribution in [-0.2, 0) is 6.54 Å². The van der Waals surface area contributed by atoms with Gasteiger partial charge in [-0.25, -0.2) is 0 Å². The molecule has 3 heterocycles. The van der Waals surface area contributed by atoms with E-state index in [-0.39, 0.29) is 0 Å². The van der Waals surface area contributed by atoms with Crippen LogP contribution in [-0.4, -0.2) is 4.57 Å². The Morgan fingerprint density at radius 3 is 2.79 bits per heavy atom. The summed E-state index contributed by atoms with van der Waals surface area (Å²) in [6.45, 7) is 3.43. The largest absolute Gasteiger partial charge is 0.339 e. The second-order valence-corrected chi connectivity index (χ2v) is 6.90. The fraction of sp³-hybridized carbons (Fsp3) is 0.500. The second kappa shape index (κ2) is 6.10. The molecule has 0 unspecified atom stereocenters. The molecule has 19 heavy (non-hydrogen) atoms. The van der Waals surface area contributed by atoms with E-state index in [1.165, 1.54) is 59.0 Å². The van der Waals surface area contributed by atoms with Gasteiger partial charge in [0.25, 0.3) is 0 Å². The molecule has 0 aliphatic heterocycles. The number of hydrogen-bond donors (Lipinski definition) is 0. The fourth-order valence-corrected chi connectivity index (χ4v) is 4.60. The minimum atomic E-state index is 1.16. The maximum atomic E-state index is 3.29. The molecule has 0 aliphatic carbocycles. The molecule has 0 amide bonds. The number of aryl methyl sites for hydroxylation is 1. The first-order valence-electron chi connectivity index (χ1n) is 7.27. The van der Waals surface area contributed by atoms with E-state index in [1.54, 1.807) is 11.3 Å². The standard InChI is InChI=1S/C16H20NS2/c1-2-3-4-5-6-7-10-17-13-8-11-18-15(13)16-14(17)9-12-19-16/h8-9,11H,2-7,10H2,1H3. The third-order valence-corrected chi connectivity index (χ3v) is 5.66. The maximum Gasteiger partial charge on any atom is 0.0707 e. The van der Waals surface area contributed by atoms with Gasteiger partial charge in [-0.15, -0.1) is 22.7 Å². The number of hydrogen-bond acceptors (Lipinski definition) is 2. The SMILES string of the molecule is CCCCCCCCn1c2c[c]sc2c2sccc21. The Bertz CT molecular complexity index is 596. The molecule has 0 fully saturated rings. The number of rotatable bonds is 7. The van der Waals surface area contributed by atoms with Crippen LogP contribution in [0, 0.1) is 5.38 Å². The molecule has 3 aromatic rings. The Kier molecular flexibility index (Phi) is 4.24. The van der Waals surface area contributed by atoms with Crippen molar-refractivity contribution in [3.05, 3.63) is 22.9 Å². The highest BCUT2D eigenvalue weighted by Crippen LogP contribution is 2.36. The predicted molar refractivity (Wildman–Crippen MR) is 87.4 cm³/mol. The number of unbranched alkanes of at least 4 members (excludes halogenated alkanes) is 5. The maximum absolute atomic E-state index is 3.29. The van der Waals surface area contributed by atoms with E-state index in [0.29, 0.717) is 0 Å². The van der Waals surface area contributed by atoms with Crippen molar-refractivity contribution in [3.63, 3.8) is 0 Å². The number of fused-ring (bicyclic) bond motifs is 3. The fourth-order valence-electron chi connectivity index (χ4n) is 2.73. The van der Waals surface area contributed by atoms with Crippen LogP contribution < -0.4 is 0 Å². The third-order valence-electron chi connectivity index (χ3n) is 3.76. The lowest BCUT2D eigenvalue weighted by Gasteiger charge is -2.05. The Morgan fingerprint density at radius 2 is 1.89 bits per heavy atom. The van der Waals surface area contributed by atoms with Gasteiger partial charge in [0, 0.05) is 11.9 Å². The summed E-state index contributed by atoms with van der Waals surface area (Å²) < 4.78 is 5.37. The van der Waals surface area contributed by atoms with Gasteiger partial charge < -0.3 is 4.57 Å². The van der Waals surface area contributed by atoms with Crippen molar-refractivity contribution in [1.29, 1.82) is 0 Å². The lowest BCUT2D eigenvalue weighted by Crippen LogP contribution is -1.96. The van der Waals surface area contributed by atoms with Crippen molar-refractivity contribution in [1.82, 2.24) is 4.57 Å². The van der Waals surface area contributed by atoms with Crippen molar-refractivity contribution in [2.75, 3.05) is 0 Å². The monoisotopic (exact) mass is 290 g/mol. The van der Waals surface area contributed by atoms with E-state index in [4.69, 9.17) is 0 Å². The topological polar surface area (TPSA) is 4.93 Å². The molecule has 3 aromatic heterocycles. The summed E-state index contributed by atoms with van der Waals surface area (Å²) in [6, 6.07) is 4.42. The van der Waals surface area contributed by atoms with E-state index < -0.39 is 0 Å². The van der Waals surface area contributed by atoms with Crippen LogP contribution in [0.4, 0.5) is 0 Å². The molecule has 3 rings (SSSR count). The van der Waals surface area contributed by atoms with Crippen LogP contribution in [0.25, 0.3) is 20.4 Å². The van der Waals surface area contributed by atoms with Gasteiger partial charge in [0.2, 0.25) is 0 Å². The van der Waals surface area contributed by atoms with E-state index >= 15 is 0 Å². The van der Waals surface area contributed by atoms with Gasteiger partial charge in [0.15, 0.2) is 0 Å². The second-order valence-electron chi connectivity index (χ2n) is 5.13. The first-order chi connectivity index (χ1) is 9.42. The smallest absolute Gasteiger partial charge is 0.0707 e. The zero-order valence-corrected chi connectivity index (χ0v) is 13.1. The molecule has 1 nitrogen and oxygen atoms in total. The average Bonchev–Trinajstić information content (AvgIpc) is 3.09. The molecule has 0 N–H and O–H groups in total. The van der Waals surface area contributed by atoms with Gasteiger partial charge in [-0.3, -0.25) is 0 Å². The van der Waals surface area contributed by atoms with Crippen molar-refractivity contribution >= 4 is 43.1 Å². The first kappa shape index (κ1) is 13.2. The summed E-state index contributed by atoms with van der Waals surface area (Å²) in [6.07, 6.45) is 8.17. The molecule has 0 bridgehead atoms. The van der Waals surface area contributed by atoms with Crippen LogP contribution >= 0.6 is 22.7 Å². The minimum Gasteiger partial charge on any atom is -0.339 e. The number of nitrogens with zero attached hydrogens (tertiary/aromatic N) is 1. The molecular formula is C16H20NS2. The summed E-state index contributed by atoms with van der Waals surface area (Å²) >= 11 is 3.62. The van der Waals surface area contributed by atoms with Crippen molar-refractivity contribution in [2.45, 2.75) is 52.0 Å². The van der Waals surface area contributed by atoms with E-state index in [2.05, 4.69) is 34.4 Å². The third kappa shape index (κ3) is 2.59. The molecule has 0 spiro atoms. The van der Waals surface area contributed by atoms with Crippen LogP contribution in [0.1, 0.15) is 45.4 Å². The summed E-state index contributed by atoms with van der Waals surface area (Å²) in [5.74, 6) is 0. The van der Waals surface area contributed by atoms with Gasteiger partial charge in [-0.05, 0) is 23.9 Å². The molecule has 0 aliphatic rings. The van der Waals surface area contributed by atoms with E-state index in [1.807, 2.05) is 11.3 Å². The molecule has 0 saturated heterocycles. The van der Waals surface area contributed by atoms with Crippen molar-refractivity contribution in [3.8, 4) is 0 Å². The van der Waals surface area contributed by atoms with Crippen LogP contribution in [0.5, 0.6) is 0 Å². The quantitative estimate of drug-likeness (QED) is 0.465. The highest BCUT2D eigenvalue weighted by Gasteiger charge is 2.12. The molecule has 0 aromatic carbocycles. The van der Waals surface area contributed by atoms with Crippen LogP contribution in [0.3, 0.4) is 0 Å². The van der Waals surface area contributed by atoms with Crippen molar-refractivity contribution < 1.29 is 0 Å². The lowest BCUT2D eigenvalue weighted by molar-refractivity contribution is 0.571. The number of aromatic nitrogens is 1.